The van der Waals surface area contributed by atoms with Crippen LogP contribution in [0.2, 0.25) is 0 Å². The van der Waals surface area contributed by atoms with Crippen LogP contribution in [0.3, 0.4) is 0 Å². The highest BCUT2D eigenvalue weighted by molar-refractivity contribution is 8.06. The summed E-state index contributed by atoms with van der Waals surface area (Å²) in [5.74, 6) is 2.27. The summed E-state index contributed by atoms with van der Waals surface area (Å²) in [5, 5.41) is 8.00. The van der Waals surface area contributed by atoms with Crippen LogP contribution in [0.5, 0.6) is 0 Å². The zero-order valence-electron chi connectivity index (χ0n) is 6.50. The topological polar surface area (TPSA) is 46.5 Å². The third-order valence-corrected chi connectivity index (χ3v) is 1.16. The summed E-state index contributed by atoms with van der Waals surface area (Å²) < 4.78 is 4.12. The number of hydrogen-bond acceptors (Lipinski definition) is 4. The minimum absolute atomic E-state index is 0.291. The van der Waals surface area contributed by atoms with Crippen molar-refractivity contribution >= 4 is 17.7 Å². The second kappa shape index (κ2) is 6.24. The van der Waals surface area contributed by atoms with Crippen LogP contribution >= 0.6 is 11.8 Å². The predicted octanol–water partition coefficient (Wildman–Crippen LogP) is 0.789. The number of aliphatic hydroxyl groups excluding tert-OH is 1. The highest BCUT2D eigenvalue weighted by Gasteiger charge is 1.98. The second-order valence-corrected chi connectivity index (χ2v) is 3.18. The Labute approximate surface area is 70.4 Å². The van der Waals surface area contributed by atoms with Gasteiger partial charge < -0.3 is 9.84 Å². The fourth-order valence-electron chi connectivity index (χ4n) is 0.182. The van der Waals surface area contributed by atoms with Crippen molar-refractivity contribution in [1.82, 2.24) is 0 Å². The fourth-order valence-corrected chi connectivity index (χ4v) is 0.182. The summed E-state index contributed by atoms with van der Waals surface area (Å²) in [5.41, 5.74) is 0.291. The lowest BCUT2D eigenvalue weighted by atomic mass is 10.4. The second-order valence-electron chi connectivity index (χ2n) is 1.95. The van der Waals surface area contributed by atoms with Crippen LogP contribution in [0.1, 0.15) is 6.92 Å². The lowest BCUT2D eigenvalue weighted by Crippen LogP contribution is -2.04. The average Bonchev–Trinajstić information content (AvgIpc) is 2.72. The predicted molar refractivity (Wildman–Crippen MR) is 45.3 cm³/mol. The number of carbonyl (C=O) groups is 1. The molecule has 0 aliphatic carbocycles. The maximum atomic E-state index is 10.3. The molecule has 1 aliphatic heterocycles. The summed E-state index contributed by atoms with van der Waals surface area (Å²) in [7, 11) is 0. The molecule has 1 saturated heterocycles. The minimum Gasteiger partial charge on any atom is -0.435 e. The van der Waals surface area contributed by atoms with Crippen molar-refractivity contribution < 1.29 is 14.6 Å². The SMILES string of the molecule is C1CS1.C=C(C)C(=O)OCO. The van der Waals surface area contributed by atoms with Gasteiger partial charge in [-0.05, 0) is 6.92 Å². The fraction of sp³-hybridized carbons (Fsp3) is 0.571. The summed E-state index contributed by atoms with van der Waals surface area (Å²) >= 11 is 2.00. The normalized spacial score (nSPS) is 12.5. The van der Waals surface area contributed by atoms with Crippen LogP contribution in [0.15, 0.2) is 12.2 Å². The maximum absolute atomic E-state index is 10.3. The number of aliphatic hydroxyl groups is 1. The molecule has 11 heavy (non-hydrogen) atoms. The van der Waals surface area contributed by atoms with Gasteiger partial charge in [-0.25, -0.2) is 4.79 Å². The number of thioether (sulfide) groups is 1. The van der Waals surface area contributed by atoms with Gasteiger partial charge in [-0.2, -0.15) is 11.8 Å². The molecule has 4 heteroatoms. The molecule has 64 valence electrons. The van der Waals surface area contributed by atoms with Crippen molar-refractivity contribution in [2.75, 3.05) is 18.3 Å². The van der Waals surface area contributed by atoms with E-state index in [2.05, 4.69) is 11.3 Å². The van der Waals surface area contributed by atoms with E-state index in [0.717, 1.165) is 0 Å². The smallest absolute Gasteiger partial charge is 0.335 e. The van der Waals surface area contributed by atoms with Crippen LogP contribution in [-0.2, 0) is 9.53 Å². The molecule has 1 N–H and O–H groups in total. The van der Waals surface area contributed by atoms with Crippen molar-refractivity contribution in [3.63, 3.8) is 0 Å². The molecule has 0 atom stereocenters. The van der Waals surface area contributed by atoms with Crippen LogP contribution in [0.4, 0.5) is 0 Å². The molecule has 0 aromatic rings. The van der Waals surface area contributed by atoms with E-state index in [0.29, 0.717) is 5.57 Å². The lowest BCUT2D eigenvalue weighted by Gasteiger charge is -1.95. The quantitative estimate of drug-likeness (QED) is 0.292. The van der Waals surface area contributed by atoms with E-state index < -0.39 is 12.8 Å². The summed E-state index contributed by atoms with van der Waals surface area (Å²) in [6.07, 6.45) is 0. The van der Waals surface area contributed by atoms with Crippen LogP contribution in [0.25, 0.3) is 0 Å². The molecule has 0 saturated carbocycles. The van der Waals surface area contributed by atoms with E-state index in [9.17, 15) is 4.79 Å². The molecule has 0 unspecified atom stereocenters. The van der Waals surface area contributed by atoms with Gasteiger partial charge in [0.1, 0.15) is 0 Å². The van der Waals surface area contributed by atoms with Crippen molar-refractivity contribution in [3.05, 3.63) is 12.2 Å². The Morgan fingerprint density at radius 2 is 2.18 bits per heavy atom. The van der Waals surface area contributed by atoms with Gasteiger partial charge in [0.05, 0.1) is 0 Å². The third kappa shape index (κ3) is 9.52. The molecule has 0 bridgehead atoms. The Morgan fingerprint density at radius 3 is 2.27 bits per heavy atom. The van der Waals surface area contributed by atoms with E-state index in [1.807, 2.05) is 11.8 Å². The van der Waals surface area contributed by atoms with Crippen molar-refractivity contribution in [2.24, 2.45) is 0 Å². The largest absolute Gasteiger partial charge is 0.435 e. The molecule has 0 aromatic heterocycles. The van der Waals surface area contributed by atoms with Gasteiger partial charge >= 0.3 is 5.97 Å². The van der Waals surface area contributed by atoms with Gasteiger partial charge in [0, 0.05) is 17.1 Å². The van der Waals surface area contributed by atoms with Gasteiger partial charge in [-0.3, -0.25) is 0 Å². The Balaban J connectivity index is 0.000000271. The first-order valence-electron chi connectivity index (χ1n) is 3.19. The van der Waals surface area contributed by atoms with Crippen LogP contribution in [0, 0.1) is 0 Å². The van der Waals surface area contributed by atoms with E-state index in [1.165, 1.54) is 18.4 Å². The summed E-state index contributed by atoms with van der Waals surface area (Å²) in [6.45, 7) is 4.22. The number of rotatable bonds is 2. The number of esters is 1. The molecule has 1 aliphatic rings. The van der Waals surface area contributed by atoms with Crippen LogP contribution in [-0.4, -0.2) is 29.4 Å². The molecule has 0 spiro atoms. The van der Waals surface area contributed by atoms with E-state index in [4.69, 9.17) is 5.11 Å². The number of carbonyl (C=O) groups excluding carboxylic acids is 1. The van der Waals surface area contributed by atoms with Gasteiger partial charge in [-0.1, -0.05) is 6.58 Å². The molecule has 3 nitrogen and oxygen atoms in total. The summed E-state index contributed by atoms with van der Waals surface area (Å²) in [4.78, 5) is 10.3. The standard InChI is InChI=1S/C5H8O3.C2H4S/c1-4(2)5(7)8-3-6;1-2-3-1/h6H,1,3H2,2H3;1-2H2. The first kappa shape index (κ1) is 10.5. The van der Waals surface area contributed by atoms with Crippen LogP contribution < -0.4 is 0 Å². The number of ether oxygens (including phenoxy) is 1. The minimum atomic E-state index is -0.578. The van der Waals surface area contributed by atoms with E-state index >= 15 is 0 Å². The highest BCUT2D eigenvalue weighted by atomic mass is 32.2. The Morgan fingerprint density at radius 1 is 1.73 bits per heavy atom. The molecular weight excluding hydrogens is 164 g/mol. The van der Waals surface area contributed by atoms with Gasteiger partial charge in [-0.15, -0.1) is 0 Å². The van der Waals surface area contributed by atoms with Gasteiger partial charge in [0.15, 0.2) is 6.79 Å². The maximum Gasteiger partial charge on any atom is 0.335 e. The third-order valence-electron chi connectivity index (χ3n) is 0.748. The van der Waals surface area contributed by atoms with Gasteiger partial charge in [0.2, 0.25) is 0 Å². The molecular formula is C7H12O3S. The summed E-state index contributed by atoms with van der Waals surface area (Å²) in [6, 6.07) is 0. The average molecular weight is 176 g/mol. The monoisotopic (exact) mass is 176 g/mol. The lowest BCUT2D eigenvalue weighted by molar-refractivity contribution is -0.146. The number of hydrogen-bond donors (Lipinski definition) is 1. The molecule has 0 amide bonds. The molecule has 1 rings (SSSR count). The molecule has 0 radical (unpaired) electrons. The first-order chi connectivity index (χ1) is 5.18. The van der Waals surface area contributed by atoms with Crippen molar-refractivity contribution in [2.45, 2.75) is 6.92 Å². The Hall–Kier alpha value is -0.480. The molecule has 0 aromatic carbocycles. The van der Waals surface area contributed by atoms with E-state index in [1.54, 1.807) is 0 Å². The van der Waals surface area contributed by atoms with Crippen molar-refractivity contribution in [3.8, 4) is 0 Å². The Bertz CT molecular complexity index is 140. The van der Waals surface area contributed by atoms with Gasteiger partial charge in [0.25, 0.3) is 0 Å². The Kier molecular flexibility index (Phi) is 5.97. The zero-order valence-corrected chi connectivity index (χ0v) is 7.32. The first-order valence-corrected chi connectivity index (χ1v) is 4.35. The van der Waals surface area contributed by atoms with E-state index in [-0.39, 0.29) is 0 Å². The molecule has 1 heterocycles. The van der Waals surface area contributed by atoms with Crippen molar-refractivity contribution in [1.29, 1.82) is 0 Å². The highest BCUT2D eigenvalue weighted by Crippen LogP contribution is 2.14. The zero-order chi connectivity index (χ0) is 8.69. The molecule has 1 fully saturated rings.